The topological polar surface area (TPSA) is 76.5 Å². The molecule has 1 aromatic carbocycles. The van der Waals surface area contributed by atoms with Gasteiger partial charge in [-0.25, -0.2) is 18.7 Å². The highest BCUT2D eigenvalue weighted by Crippen LogP contribution is 2.15. The molecule has 0 bridgehead atoms. The predicted molar refractivity (Wildman–Crippen MR) is 105 cm³/mol. The SMILES string of the molecule is CC(/C=N/Oc1ccccn1)Cc1ccc(NC(=O)c2c(F)cccc2F)nc1. The van der Waals surface area contributed by atoms with Crippen molar-refractivity contribution in [1.82, 2.24) is 9.97 Å². The third-order valence-electron chi connectivity index (χ3n) is 3.91. The van der Waals surface area contributed by atoms with Crippen LogP contribution in [-0.4, -0.2) is 22.1 Å². The number of pyridine rings is 2. The van der Waals surface area contributed by atoms with Gasteiger partial charge in [-0.05, 0) is 42.2 Å². The predicted octanol–water partition coefficient (Wildman–Crippen LogP) is 4.25. The van der Waals surface area contributed by atoms with Crippen molar-refractivity contribution in [3.05, 3.63) is 83.7 Å². The highest BCUT2D eigenvalue weighted by molar-refractivity contribution is 6.04. The number of aromatic nitrogens is 2. The minimum atomic E-state index is -0.930. The molecule has 0 saturated heterocycles. The first kappa shape index (κ1) is 20.1. The van der Waals surface area contributed by atoms with Gasteiger partial charge in [-0.15, -0.1) is 0 Å². The average Bonchev–Trinajstić information content (AvgIpc) is 2.70. The number of rotatable bonds is 7. The summed E-state index contributed by atoms with van der Waals surface area (Å²) in [5.41, 5.74) is 0.257. The van der Waals surface area contributed by atoms with Gasteiger partial charge < -0.3 is 10.2 Å². The van der Waals surface area contributed by atoms with Crippen LogP contribution in [0.3, 0.4) is 0 Å². The van der Waals surface area contributed by atoms with E-state index in [4.69, 9.17) is 4.84 Å². The molecule has 0 aliphatic rings. The molecule has 148 valence electrons. The third kappa shape index (κ3) is 5.65. The molecule has 0 aliphatic carbocycles. The van der Waals surface area contributed by atoms with Crippen LogP contribution in [0, 0.1) is 17.6 Å². The molecule has 1 amide bonds. The van der Waals surface area contributed by atoms with Crippen LogP contribution >= 0.6 is 0 Å². The lowest BCUT2D eigenvalue weighted by Crippen LogP contribution is -2.16. The molecular formula is C21H18F2N4O2. The number of oxime groups is 1. The Balaban J connectivity index is 1.55. The van der Waals surface area contributed by atoms with Crippen molar-refractivity contribution >= 4 is 17.9 Å². The molecule has 29 heavy (non-hydrogen) atoms. The van der Waals surface area contributed by atoms with E-state index in [1.165, 1.54) is 6.07 Å². The Morgan fingerprint density at radius 3 is 2.59 bits per heavy atom. The van der Waals surface area contributed by atoms with Crippen LogP contribution < -0.4 is 10.2 Å². The maximum Gasteiger partial charge on any atom is 0.262 e. The third-order valence-corrected chi connectivity index (χ3v) is 3.91. The van der Waals surface area contributed by atoms with Crippen molar-refractivity contribution in [2.45, 2.75) is 13.3 Å². The van der Waals surface area contributed by atoms with Crippen LogP contribution in [0.4, 0.5) is 14.6 Å². The molecule has 2 aromatic heterocycles. The van der Waals surface area contributed by atoms with Gasteiger partial charge in [0.25, 0.3) is 5.91 Å². The maximum absolute atomic E-state index is 13.7. The molecule has 6 nitrogen and oxygen atoms in total. The zero-order chi connectivity index (χ0) is 20.6. The standard InChI is InChI=1S/C21H18F2N4O2/c1-14(12-26-29-19-7-2-3-10-24-19)11-15-8-9-18(25-13-15)27-21(28)20-16(22)5-4-6-17(20)23/h2-10,12-14H,11H2,1H3,(H,25,27,28)/b26-12+. The molecule has 0 aliphatic heterocycles. The quantitative estimate of drug-likeness (QED) is 0.478. The fourth-order valence-corrected chi connectivity index (χ4v) is 2.53. The van der Waals surface area contributed by atoms with Gasteiger partial charge in [0, 0.05) is 24.7 Å². The minimum absolute atomic E-state index is 0.0634. The lowest BCUT2D eigenvalue weighted by atomic mass is 10.0. The van der Waals surface area contributed by atoms with Crippen molar-refractivity contribution in [1.29, 1.82) is 0 Å². The van der Waals surface area contributed by atoms with Crippen LogP contribution in [0.25, 0.3) is 0 Å². The van der Waals surface area contributed by atoms with E-state index in [0.717, 1.165) is 17.7 Å². The lowest BCUT2D eigenvalue weighted by molar-refractivity contribution is 0.101. The first-order valence-corrected chi connectivity index (χ1v) is 8.85. The molecule has 3 rings (SSSR count). The smallest absolute Gasteiger partial charge is 0.262 e. The first-order valence-electron chi connectivity index (χ1n) is 8.85. The van der Waals surface area contributed by atoms with Gasteiger partial charge in [-0.3, -0.25) is 4.79 Å². The van der Waals surface area contributed by atoms with E-state index >= 15 is 0 Å². The van der Waals surface area contributed by atoms with Crippen LogP contribution in [0.1, 0.15) is 22.8 Å². The number of hydrogen-bond acceptors (Lipinski definition) is 5. The average molecular weight is 396 g/mol. The zero-order valence-electron chi connectivity index (χ0n) is 15.5. The molecular weight excluding hydrogens is 378 g/mol. The number of nitrogens with one attached hydrogen (secondary N) is 1. The van der Waals surface area contributed by atoms with E-state index in [-0.39, 0.29) is 11.7 Å². The summed E-state index contributed by atoms with van der Waals surface area (Å²) in [5.74, 6) is -2.09. The number of carbonyl (C=O) groups is 1. The van der Waals surface area contributed by atoms with Crippen molar-refractivity contribution in [2.75, 3.05) is 5.32 Å². The molecule has 2 heterocycles. The van der Waals surface area contributed by atoms with E-state index in [2.05, 4.69) is 20.4 Å². The van der Waals surface area contributed by atoms with Gasteiger partial charge in [-0.2, -0.15) is 0 Å². The van der Waals surface area contributed by atoms with Crippen LogP contribution in [0.2, 0.25) is 0 Å². The van der Waals surface area contributed by atoms with Gasteiger partial charge in [0.2, 0.25) is 5.88 Å². The monoisotopic (exact) mass is 396 g/mol. The van der Waals surface area contributed by atoms with Crippen molar-refractivity contribution in [3.8, 4) is 5.88 Å². The number of halogens is 2. The number of anilines is 1. The molecule has 1 atom stereocenters. The highest BCUT2D eigenvalue weighted by Gasteiger charge is 2.17. The first-order chi connectivity index (χ1) is 14.0. The lowest BCUT2D eigenvalue weighted by Gasteiger charge is -2.08. The van der Waals surface area contributed by atoms with E-state index in [1.54, 1.807) is 48.9 Å². The number of amides is 1. The number of carbonyl (C=O) groups excluding carboxylic acids is 1. The Labute approximate surface area is 166 Å². The second-order valence-corrected chi connectivity index (χ2v) is 6.30. The van der Waals surface area contributed by atoms with Crippen LogP contribution in [-0.2, 0) is 6.42 Å². The Bertz CT molecular complexity index is 975. The van der Waals surface area contributed by atoms with E-state index in [9.17, 15) is 13.6 Å². The molecule has 0 saturated carbocycles. The number of benzene rings is 1. The van der Waals surface area contributed by atoms with Gasteiger partial charge in [0.05, 0.1) is 0 Å². The summed E-state index contributed by atoms with van der Waals surface area (Å²) >= 11 is 0. The van der Waals surface area contributed by atoms with Gasteiger partial charge >= 0.3 is 0 Å². The van der Waals surface area contributed by atoms with Gasteiger partial charge in [-0.1, -0.05) is 30.3 Å². The second-order valence-electron chi connectivity index (χ2n) is 6.30. The summed E-state index contributed by atoms with van der Waals surface area (Å²) in [6.45, 7) is 1.96. The van der Waals surface area contributed by atoms with Gasteiger partial charge in [0.15, 0.2) is 0 Å². The van der Waals surface area contributed by atoms with Crippen molar-refractivity contribution < 1.29 is 18.4 Å². The summed E-state index contributed by atoms with van der Waals surface area (Å²) < 4.78 is 27.3. The fraction of sp³-hybridized carbons (Fsp3) is 0.143. The normalized spacial score (nSPS) is 12.0. The fourth-order valence-electron chi connectivity index (χ4n) is 2.53. The van der Waals surface area contributed by atoms with Crippen LogP contribution in [0.5, 0.6) is 5.88 Å². The Kier molecular flexibility index (Phi) is 6.57. The number of hydrogen-bond donors (Lipinski definition) is 1. The van der Waals surface area contributed by atoms with E-state index < -0.39 is 23.1 Å². The van der Waals surface area contributed by atoms with E-state index in [1.807, 2.05) is 6.92 Å². The molecule has 0 fully saturated rings. The molecule has 8 heteroatoms. The summed E-state index contributed by atoms with van der Waals surface area (Å²) in [4.78, 5) is 25.4. The largest absolute Gasteiger partial charge is 0.337 e. The summed E-state index contributed by atoms with van der Waals surface area (Å²) in [5, 5.41) is 6.30. The summed E-state index contributed by atoms with van der Waals surface area (Å²) in [6, 6.07) is 11.9. The maximum atomic E-state index is 13.7. The highest BCUT2D eigenvalue weighted by atomic mass is 19.1. The van der Waals surface area contributed by atoms with Gasteiger partial charge in [0.1, 0.15) is 23.0 Å². The Hall–Kier alpha value is -3.68. The molecule has 0 spiro atoms. The van der Waals surface area contributed by atoms with Crippen molar-refractivity contribution in [2.24, 2.45) is 11.1 Å². The Morgan fingerprint density at radius 1 is 1.14 bits per heavy atom. The van der Waals surface area contributed by atoms with Crippen molar-refractivity contribution in [3.63, 3.8) is 0 Å². The van der Waals surface area contributed by atoms with E-state index in [0.29, 0.717) is 12.3 Å². The summed E-state index contributed by atoms with van der Waals surface area (Å²) in [6.07, 6.45) is 5.49. The molecule has 1 N–H and O–H groups in total. The minimum Gasteiger partial charge on any atom is -0.337 e. The molecule has 0 radical (unpaired) electrons. The second kappa shape index (κ2) is 9.50. The molecule has 3 aromatic rings. The number of nitrogens with zero attached hydrogens (tertiary/aromatic N) is 3. The Morgan fingerprint density at radius 2 is 1.93 bits per heavy atom. The zero-order valence-corrected chi connectivity index (χ0v) is 15.5. The summed E-state index contributed by atoms with van der Waals surface area (Å²) in [7, 11) is 0. The van der Waals surface area contributed by atoms with Crippen LogP contribution in [0.15, 0.2) is 66.1 Å². The molecule has 1 unspecified atom stereocenters.